The normalized spacial score (nSPS) is 12.5. The number of fused-ring (bicyclic) bond motifs is 1. The number of nitrogens with one attached hydrogen (secondary N) is 1. The van der Waals surface area contributed by atoms with Crippen LogP contribution in [0.15, 0.2) is 42.6 Å². The number of aromatic nitrogens is 3. The zero-order valence-electron chi connectivity index (χ0n) is 14.5. The van der Waals surface area contributed by atoms with Crippen molar-refractivity contribution in [1.29, 1.82) is 0 Å². The molecule has 0 bridgehead atoms. The molecule has 1 aromatic carbocycles. The van der Waals surface area contributed by atoms with Gasteiger partial charge < -0.3 is 9.88 Å². The standard InChI is InChI=1S/C19H21FN4O/c1-12(2)24-18(23-16-8-5-9-21-19(16)24)13(3)22-17(25)11-14-6-4-7-15(20)10-14/h4-10,12-13H,11H2,1-3H3,(H,22,25)/t13-/m0/s1. The lowest BCUT2D eigenvalue weighted by Gasteiger charge is -2.18. The number of nitrogens with zero attached hydrogens (tertiary/aromatic N) is 3. The third-order valence-corrected chi connectivity index (χ3v) is 4.01. The molecule has 2 aromatic heterocycles. The van der Waals surface area contributed by atoms with Crippen molar-refractivity contribution in [1.82, 2.24) is 19.9 Å². The summed E-state index contributed by atoms with van der Waals surface area (Å²) in [6.45, 7) is 6.00. The lowest BCUT2D eigenvalue weighted by Crippen LogP contribution is -2.30. The van der Waals surface area contributed by atoms with E-state index in [1.165, 1.54) is 12.1 Å². The van der Waals surface area contributed by atoms with Gasteiger partial charge in [-0.2, -0.15) is 0 Å². The van der Waals surface area contributed by atoms with E-state index in [-0.39, 0.29) is 30.2 Å². The molecular weight excluding hydrogens is 319 g/mol. The summed E-state index contributed by atoms with van der Waals surface area (Å²) in [4.78, 5) is 21.4. The van der Waals surface area contributed by atoms with Gasteiger partial charge >= 0.3 is 0 Å². The summed E-state index contributed by atoms with van der Waals surface area (Å²) in [6.07, 6.45) is 1.86. The summed E-state index contributed by atoms with van der Waals surface area (Å²) in [5.41, 5.74) is 2.25. The molecule has 25 heavy (non-hydrogen) atoms. The molecule has 0 fully saturated rings. The van der Waals surface area contributed by atoms with Crippen molar-refractivity contribution in [2.45, 2.75) is 39.3 Å². The van der Waals surface area contributed by atoms with Gasteiger partial charge in [0.1, 0.15) is 17.2 Å². The smallest absolute Gasteiger partial charge is 0.224 e. The molecule has 1 atom stereocenters. The predicted octanol–water partition coefficient (Wildman–Crippen LogP) is 3.57. The Kier molecular flexibility index (Phi) is 4.79. The fraction of sp³-hybridized carbons (Fsp3) is 0.316. The molecule has 3 rings (SSSR count). The Morgan fingerprint density at radius 2 is 2.04 bits per heavy atom. The summed E-state index contributed by atoms with van der Waals surface area (Å²) in [5, 5.41) is 2.95. The van der Waals surface area contributed by atoms with Crippen LogP contribution in [-0.2, 0) is 11.2 Å². The van der Waals surface area contributed by atoms with Crippen LogP contribution in [0.2, 0.25) is 0 Å². The Hall–Kier alpha value is -2.76. The molecule has 130 valence electrons. The first-order valence-electron chi connectivity index (χ1n) is 8.32. The molecule has 0 aliphatic carbocycles. The van der Waals surface area contributed by atoms with E-state index in [1.54, 1.807) is 18.3 Å². The first-order chi connectivity index (χ1) is 12.0. The number of pyridine rings is 1. The third kappa shape index (κ3) is 3.68. The molecule has 0 aliphatic heterocycles. The van der Waals surface area contributed by atoms with Crippen LogP contribution in [0.5, 0.6) is 0 Å². The SMILES string of the molecule is CC(C)n1c([C@H](C)NC(=O)Cc2cccc(F)c2)nc2cccnc21. The lowest BCUT2D eigenvalue weighted by molar-refractivity contribution is -0.121. The van der Waals surface area contributed by atoms with Crippen molar-refractivity contribution in [2.75, 3.05) is 0 Å². The van der Waals surface area contributed by atoms with Crippen molar-refractivity contribution in [3.8, 4) is 0 Å². The molecule has 0 saturated carbocycles. The van der Waals surface area contributed by atoms with Crippen LogP contribution in [0.1, 0.15) is 44.2 Å². The zero-order valence-corrected chi connectivity index (χ0v) is 14.5. The molecule has 1 amide bonds. The predicted molar refractivity (Wildman–Crippen MR) is 94.6 cm³/mol. The minimum atomic E-state index is -0.342. The molecule has 5 nitrogen and oxygen atoms in total. The fourth-order valence-electron chi connectivity index (χ4n) is 2.95. The highest BCUT2D eigenvalue weighted by molar-refractivity contribution is 5.79. The van der Waals surface area contributed by atoms with E-state index in [0.717, 1.165) is 17.0 Å². The molecule has 6 heteroatoms. The van der Waals surface area contributed by atoms with Crippen LogP contribution in [0.3, 0.4) is 0 Å². The van der Waals surface area contributed by atoms with Gasteiger partial charge in [-0.05, 0) is 50.6 Å². The maximum absolute atomic E-state index is 13.3. The second-order valence-electron chi connectivity index (χ2n) is 6.38. The van der Waals surface area contributed by atoms with E-state index in [1.807, 2.05) is 23.6 Å². The first-order valence-corrected chi connectivity index (χ1v) is 8.32. The summed E-state index contributed by atoms with van der Waals surface area (Å²) in [6, 6.07) is 9.71. The van der Waals surface area contributed by atoms with Gasteiger partial charge in [0.15, 0.2) is 5.65 Å². The summed E-state index contributed by atoms with van der Waals surface area (Å²) >= 11 is 0. The number of hydrogen-bond donors (Lipinski definition) is 1. The molecule has 0 saturated heterocycles. The number of carbonyl (C=O) groups is 1. The number of carbonyl (C=O) groups excluding carboxylic acids is 1. The van der Waals surface area contributed by atoms with Gasteiger partial charge in [-0.25, -0.2) is 14.4 Å². The highest BCUT2D eigenvalue weighted by atomic mass is 19.1. The second kappa shape index (κ2) is 7.01. The highest BCUT2D eigenvalue weighted by Crippen LogP contribution is 2.23. The van der Waals surface area contributed by atoms with Crippen LogP contribution in [0.25, 0.3) is 11.2 Å². The Morgan fingerprint density at radius 3 is 2.76 bits per heavy atom. The van der Waals surface area contributed by atoms with E-state index in [0.29, 0.717) is 5.56 Å². The van der Waals surface area contributed by atoms with Gasteiger partial charge in [0.25, 0.3) is 0 Å². The van der Waals surface area contributed by atoms with Crippen LogP contribution in [0, 0.1) is 5.82 Å². The Balaban J connectivity index is 1.81. The number of rotatable bonds is 5. The topological polar surface area (TPSA) is 59.8 Å². The van der Waals surface area contributed by atoms with Crippen molar-refractivity contribution in [2.24, 2.45) is 0 Å². The van der Waals surface area contributed by atoms with E-state index >= 15 is 0 Å². The number of imidazole rings is 1. The van der Waals surface area contributed by atoms with Crippen molar-refractivity contribution in [3.63, 3.8) is 0 Å². The summed E-state index contributed by atoms with van der Waals surface area (Å²) < 4.78 is 15.3. The number of halogens is 1. The monoisotopic (exact) mass is 340 g/mol. The first kappa shape index (κ1) is 17.1. The average molecular weight is 340 g/mol. The van der Waals surface area contributed by atoms with Gasteiger partial charge in [0.2, 0.25) is 5.91 Å². The Labute approximate surface area is 145 Å². The molecule has 2 heterocycles. The van der Waals surface area contributed by atoms with Gasteiger partial charge in [-0.1, -0.05) is 12.1 Å². The molecule has 0 spiro atoms. The lowest BCUT2D eigenvalue weighted by atomic mass is 10.1. The maximum atomic E-state index is 13.3. The van der Waals surface area contributed by atoms with Gasteiger partial charge in [-0.3, -0.25) is 4.79 Å². The number of amides is 1. The molecule has 0 aliphatic rings. The quantitative estimate of drug-likeness (QED) is 0.772. The summed E-state index contributed by atoms with van der Waals surface area (Å²) in [7, 11) is 0. The van der Waals surface area contributed by atoms with E-state index in [4.69, 9.17) is 0 Å². The molecular formula is C19H21FN4O. The van der Waals surface area contributed by atoms with E-state index in [9.17, 15) is 9.18 Å². The molecule has 0 radical (unpaired) electrons. The maximum Gasteiger partial charge on any atom is 0.224 e. The molecule has 0 unspecified atom stereocenters. The van der Waals surface area contributed by atoms with Crippen molar-refractivity contribution >= 4 is 17.1 Å². The van der Waals surface area contributed by atoms with Gasteiger partial charge in [-0.15, -0.1) is 0 Å². The van der Waals surface area contributed by atoms with E-state index < -0.39 is 0 Å². The summed E-state index contributed by atoms with van der Waals surface area (Å²) in [5.74, 6) is 0.246. The highest BCUT2D eigenvalue weighted by Gasteiger charge is 2.20. The van der Waals surface area contributed by atoms with Crippen LogP contribution >= 0.6 is 0 Å². The third-order valence-electron chi connectivity index (χ3n) is 4.01. The van der Waals surface area contributed by atoms with Crippen molar-refractivity contribution < 1.29 is 9.18 Å². The van der Waals surface area contributed by atoms with Crippen molar-refractivity contribution in [3.05, 3.63) is 59.8 Å². The Morgan fingerprint density at radius 1 is 1.24 bits per heavy atom. The van der Waals surface area contributed by atoms with Crippen LogP contribution in [-0.4, -0.2) is 20.4 Å². The number of benzene rings is 1. The molecule has 1 N–H and O–H groups in total. The average Bonchev–Trinajstić information content (AvgIpc) is 2.94. The van der Waals surface area contributed by atoms with Gasteiger partial charge in [0, 0.05) is 12.2 Å². The zero-order chi connectivity index (χ0) is 18.0. The largest absolute Gasteiger partial charge is 0.346 e. The second-order valence-corrected chi connectivity index (χ2v) is 6.38. The van der Waals surface area contributed by atoms with E-state index in [2.05, 4.69) is 29.1 Å². The van der Waals surface area contributed by atoms with Crippen LogP contribution < -0.4 is 5.32 Å². The molecule has 3 aromatic rings. The number of hydrogen-bond acceptors (Lipinski definition) is 3. The Bertz CT molecular complexity index is 903. The minimum Gasteiger partial charge on any atom is -0.346 e. The van der Waals surface area contributed by atoms with Gasteiger partial charge in [0.05, 0.1) is 12.5 Å². The van der Waals surface area contributed by atoms with Crippen LogP contribution in [0.4, 0.5) is 4.39 Å². The minimum absolute atomic E-state index is 0.127. The fourth-order valence-corrected chi connectivity index (χ4v) is 2.95.